The Labute approximate surface area is 95.7 Å². The second-order valence-electron chi connectivity index (χ2n) is 3.79. The lowest BCUT2D eigenvalue weighted by Gasteiger charge is -2.17. The first-order chi connectivity index (χ1) is 7.84. The van der Waals surface area contributed by atoms with Crippen LogP contribution in [0.15, 0.2) is 17.2 Å². The minimum absolute atomic E-state index is 0.394. The number of carboxylic acid groups (broad SMARTS) is 1. The second-order valence-corrected chi connectivity index (χ2v) is 3.79. The Morgan fingerprint density at radius 3 is 2.59 bits per heavy atom. The van der Waals surface area contributed by atoms with E-state index in [0.717, 1.165) is 17.0 Å². The van der Waals surface area contributed by atoms with Crippen LogP contribution in [0.25, 0.3) is 0 Å². The molecule has 0 aliphatic carbocycles. The van der Waals surface area contributed by atoms with Gasteiger partial charge in [-0.15, -0.1) is 0 Å². The van der Waals surface area contributed by atoms with E-state index in [2.05, 4.69) is 4.98 Å². The van der Waals surface area contributed by atoms with Gasteiger partial charge in [0.05, 0.1) is 11.1 Å². The summed E-state index contributed by atoms with van der Waals surface area (Å²) in [5, 5.41) is 19.5. The Morgan fingerprint density at radius 1 is 1.59 bits per heavy atom. The zero-order valence-corrected chi connectivity index (χ0v) is 9.23. The van der Waals surface area contributed by atoms with E-state index in [4.69, 9.17) is 5.11 Å². The van der Waals surface area contributed by atoms with Crippen LogP contribution < -0.4 is 5.69 Å². The lowest BCUT2D eigenvalue weighted by molar-refractivity contribution is -0.385. The van der Waals surface area contributed by atoms with E-state index in [0.29, 0.717) is 0 Å². The Morgan fingerprint density at radius 2 is 2.18 bits per heavy atom. The highest BCUT2D eigenvalue weighted by Gasteiger charge is 2.26. The van der Waals surface area contributed by atoms with Crippen LogP contribution in [0.3, 0.4) is 0 Å². The predicted molar refractivity (Wildman–Crippen MR) is 56.7 cm³/mol. The summed E-state index contributed by atoms with van der Waals surface area (Å²) in [7, 11) is 0. The fourth-order valence-corrected chi connectivity index (χ4v) is 1.44. The van der Waals surface area contributed by atoms with Gasteiger partial charge >= 0.3 is 17.3 Å². The van der Waals surface area contributed by atoms with Crippen molar-refractivity contribution in [2.24, 2.45) is 5.92 Å². The Bertz CT molecular complexity index is 508. The summed E-state index contributed by atoms with van der Waals surface area (Å²) in [5.74, 6) is -1.63. The van der Waals surface area contributed by atoms with Crippen LogP contribution in [0.4, 0.5) is 5.69 Å². The van der Waals surface area contributed by atoms with Gasteiger partial charge in [-0.05, 0) is 5.92 Å². The van der Waals surface area contributed by atoms with Crippen molar-refractivity contribution in [3.8, 4) is 0 Å². The monoisotopic (exact) mass is 241 g/mol. The van der Waals surface area contributed by atoms with Crippen molar-refractivity contribution in [1.82, 2.24) is 9.55 Å². The Hall–Kier alpha value is -2.25. The quantitative estimate of drug-likeness (QED) is 0.603. The molecule has 0 spiro atoms. The van der Waals surface area contributed by atoms with Gasteiger partial charge in [-0.25, -0.2) is 9.59 Å². The smallest absolute Gasteiger partial charge is 0.348 e. The summed E-state index contributed by atoms with van der Waals surface area (Å²) in [6.07, 6.45) is 1.70. The summed E-state index contributed by atoms with van der Waals surface area (Å²) in [5.41, 5.74) is -1.24. The molecule has 8 heteroatoms. The van der Waals surface area contributed by atoms with E-state index in [1.807, 2.05) is 0 Å². The molecule has 0 aliphatic rings. The molecule has 0 amide bonds. The van der Waals surface area contributed by atoms with Crippen molar-refractivity contribution in [1.29, 1.82) is 0 Å². The maximum absolute atomic E-state index is 11.4. The van der Waals surface area contributed by atoms with E-state index >= 15 is 0 Å². The standard InChI is InChI=1S/C9H11N3O5/c1-5(2)7(8(13)14)11-4-6(12(16)17)3-10-9(11)15/h3-5,7H,1-2H3,(H,13,14). The molecule has 0 fully saturated rings. The van der Waals surface area contributed by atoms with Crippen molar-refractivity contribution in [3.63, 3.8) is 0 Å². The predicted octanol–water partition coefficient (Wildman–Crippen LogP) is 0.433. The molecule has 0 saturated carbocycles. The van der Waals surface area contributed by atoms with E-state index in [1.165, 1.54) is 0 Å². The number of carbonyl (C=O) groups is 1. The molecule has 0 aromatic carbocycles. The van der Waals surface area contributed by atoms with Gasteiger partial charge in [-0.3, -0.25) is 14.7 Å². The summed E-state index contributed by atoms with van der Waals surface area (Å²) >= 11 is 0. The fraction of sp³-hybridized carbons (Fsp3) is 0.444. The van der Waals surface area contributed by atoms with Crippen LogP contribution >= 0.6 is 0 Å². The van der Waals surface area contributed by atoms with E-state index in [1.54, 1.807) is 13.8 Å². The van der Waals surface area contributed by atoms with Gasteiger partial charge in [0.25, 0.3) is 0 Å². The van der Waals surface area contributed by atoms with Gasteiger partial charge in [0.15, 0.2) is 0 Å². The third kappa shape index (κ3) is 2.65. The summed E-state index contributed by atoms with van der Waals surface area (Å²) < 4.78 is 0.769. The van der Waals surface area contributed by atoms with Crippen molar-refractivity contribution in [2.45, 2.75) is 19.9 Å². The molecular weight excluding hydrogens is 230 g/mol. The fourth-order valence-electron chi connectivity index (χ4n) is 1.44. The molecule has 0 saturated heterocycles. The number of carboxylic acids is 1. The molecular formula is C9H11N3O5. The normalized spacial score (nSPS) is 12.4. The van der Waals surface area contributed by atoms with Crippen LogP contribution in [-0.2, 0) is 4.79 Å². The Balaban J connectivity index is 3.37. The average Bonchev–Trinajstić information content (AvgIpc) is 2.19. The number of rotatable bonds is 4. The summed E-state index contributed by atoms with van der Waals surface area (Å²) in [6.45, 7) is 3.20. The number of aromatic nitrogens is 2. The first-order valence-electron chi connectivity index (χ1n) is 4.80. The van der Waals surface area contributed by atoms with Crippen LogP contribution in [0.2, 0.25) is 0 Å². The van der Waals surface area contributed by atoms with Gasteiger partial charge in [0.1, 0.15) is 12.2 Å². The molecule has 1 unspecified atom stereocenters. The van der Waals surface area contributed by atoms with Gasteiger partial charge < -0.3 is 5.11 Å². The van der Waals surface area contributed by atoms with Crippen molar-refractivity contribution in [2.75, 3.05) is 0 Å². The highest BCUT2D eigenvalue weighted by Crippen LogP contribution is 2.17. The molecule has 92 valence electrons. The lowest BCUT2D eigenvalue weighted by Crippen LogP contribution is -2.34. The number of aliphatic carboxylic acids is 1. The summed E-state index contributed by atoms with van der Waals surface area (Å²) in [6, 6.07) is -1.17. The zero-order valence-electron chi connectivity index (χ0n) is 9.23. The lowest BCUT2D eigenvalue weighted by atomic mass is 10.0. The van der Waals surface area contributed by atoms with E-state index in [9.17, 15) is 19.7 Å². The molecule has 1 aromatic heterocycles. The minimum atomic E-state index is -1.23. The molecule has 1 heterocycles. The van der Waals surface area contributed by atoms with Gasteiger partial charge in [-0.2, -0.15) is 4.98 Å². The van der Waals surface area contributed by atoms with Gasteiger partial charge in [0.2, 0.25) is 0 Å². The Kier molecular flexibility index (Phi) is 3.56. The zero-order chi connectivity index (χ0) is 13.2. The molecule has 0 bridgehead atoms. The van der Waals surface area contributed by atoms with Crippen LogP contribution in [0.5, 0.6) is 0 Å². The van der Waals surface area contributed by atoms with Crippen molar-refractivity contribution >= 4 is 11.7 Å². The maximum Gasteiger partial charge on any atom is 0.348 e. The van der Waals surface area contributed by atoms with E-state index in [-0.39, 0.29) is 0 Å². The molecule has 17 heavy (non-hydrogen) atoms. The van der Waals surface area contributed by atoms with Crippen LogP contribution in [0, 0.1) is 16.0 Å². The molecule has 0 aliphatic heterocycles. The molecule has 1 aromatic rings. The van der Waals surface area contributed by atoms with Crippen LogP contribution in [-0.4, -0.2) is 25.6 Å². The first kappa shape index (κ1) is 12.8. The largest absolute Gasteiger partial charge is 0.480 e. The third-order valence-corrected chi connectivity index (χ3v) is 2.19. The minimum Gasteiger partial charge on any atom is -0.480 e. The second kappa shape index (κ2) is 4.73. The number of hydrogen-bond acceptors (Lipinski definition) is 5. The molecule has 1 N–H and O–H groups in total. The number of nitro groups is 1. The highest BCUT2D eigenvalue weighted by atomic mass is 16.6. The topological polar surface area (TPSA) is 115 Å². The van der Waals surface area contributed by atoms with Gasteiger partial charge in [-0.1, -0.05) is 13.8 Å². The van der Waals surface area contributed by atoms with Crippen LogP contribution in [0.1, 0.15) is 19.9 Å². The first-order valence-corrected chi connectivity index (χ1v) is 4.80. The van der Waals surface area contributed by atoms with Crippen molar-refractivity contribution < 1.29 is 14.8 Å². The summed E-state index contributed by atoms with van der Waals surface area (Å²) in [4.78, 5) is 35.5. The average molecular weight is 241 g/mol. The molecule has 0 radical (unpaired) electrons. The third-order valence-electron chi connectivity index (χ3n) is 2.19. The highest BCUT2D eigenvalue weighted by molar-refractivity contribution is 5.72. The van der Waals surface area contributed by atoms with Crippen molar-refractivity contribution in [3.05, 3.63) is 33.0 Å². The number of nitrogens with zero attached hydrogens (tertiary/aromatic N) is 3. The number of hydrogen-bond donors (Lipinski definition) is 1. The van der Waals surface area contributed by atoms with Gasteiger partial charge in [0, 0.05) is 0 Å². The molecule has 1 rings (SSSR count). The van der Waals surface area contributed by atoms with E-state index < -0.39 is 34.2 Å². The molecule has 8 nitrogen and oxygen atoms in total. The SMILES string of the molecule is CC(C)C(C(=O)O)n1cc([N+](=O)[O-])cnc1=O. The molecule has 1 atom stereocenters. The maximum atomic E-state index is 11.4.